The molecule has 5 aromatic rings. The van der Waals surface area contributed by atoms with Crippen molar-refractivity contribution in [2.24, 2.45) is 0 Å². The number of hydrogen-bond donors (Lipinski definition) is 1. The molecular formula is C27H26ClN7O. The first-order valence-corrected chi connectivity index (χ1v) is 12.8. The lowest BCUT2D eigenvalue weighted by atomic mass is 9.98. The van der Waals surface area contributed by atoms with Gasteiger partial charge in [0.2, 0.25) is 0 Å². The van der Waals surface area contributed by atoms with E-state index >= 15 is 0 Å². The van der Waals surface area contributed by atoms with Crippen LogP contribution >= 0.6 is 11.6 Å². The van der Waals surface area contributed by atoms with Gasteiger partial charge in [0.15, 0.2) is 0 Å². The standard InChI is InChI=1S/C27H26ClN7O/c1-15-31-21-6-5-20(11-23(21)32-15)36-25-8-7-22-27(26(25)28)33-24(13-29-22)16-12-30-35(14-16)19-9-17-3-4-18(10-19)34(17)2/h5-8,11-14,17-19H,3-4,9-10H2,1-2H3,(H,31,32)/t17-,18?,19?/m1/s1. The Morgan fingerprint density at radius 2 is 1.81 bits per heavy atom. The summed E-state index contributed by atoms with van der Waals surface area (Å²) in [5.74, 6) is 2.06. The number of nitrogens with zero attached hydrogens (tertiary/aromatic N) is 6. The van der Waals surface area contributed by atoms with Crippen molar-refractivity contribution in [3.8, 4) is 22.8 Å². The number of H-pyrrole nitrogens is 1. The number of fused-ring (bicyclic) bond motifs is 4. The van der Waals surface area contributed by atoms with Crippen molar-refractivity contribution < 1.29 is 4.74 Å². The molecule has 182 valence electrons. The molecule has 5 heterocycles. The van der Waals surface area contributed by atoms with Crippen molar-refractivity contribution in [1.82, 2.24) is 34.6 Å². The van der Waals surface area contributed by atoms with E-state index in [1.54, 1.807) is 6.20 Å². The van der Waals surface area contributed by atoms with E-state index in [4.69, 9.17) is 26.4 Å². The second-order valence-corrected chi connectivity index (χ2v) is 10.4. The highest BCUT2D eigenvalue weighted by Gasteiger charge is 2.39. The molecule has 7 rings (SSSR count). The van der Waals surface area contributed by atoms with Crippen LogP contribution in [0.4, 0.5) is 0 Å². The van der Waals surface area contributed by atoms with Gasteiger partial charge in [-0.1, -0.05) is 11.6 Å². The van der Waals surface area contributed by atoms with Crippen molar-refractivity contribution in [1.29, 1.82) is 0 Å². The van der Waals surface area contributed by atoms with Crippen LogP contribution in [-0.2, 0) is 0 Å². The highest BCUT2D eigenvalue weighted by atomic mass is 35.5. The molecule has 2 saturated heterocycles. The topological polar surface area (TPSA) is 84.8 Å². The van der Waals surface area contributed by atoms with Gasteiger partial charge in [0.05, 0.1) is 40.7 Å². The molecule has 36 heavy (non-hydrogen) atoms. The lowest BCUT2D eigenvalue weighted by Crippen LogP contribution is -2.40. The Kier molecular flexibility index (Phi) is 5.01. The summed E-state index contributed by atoms with van der Waals surface area (Å²) in [6.07, 6.45) is 10.6. The first kappa shape index (κ1) is 21.8. The van der Waals surface area contributed by atoms with Crippen LogP contribution in [0.15, 0.2) is 48.9 Å². The minimum atomic E-state index is 0.431. The van der Waals surface area contributed by atoms with Gasteiger partial charge in [0.1, 0.15) is 27.9 Å². The number of aryl methyl sites for hydroxylation is 1. The molecule has 3 aromatic heterocycles. The maximum Gasteiger partial charge on any atom is 0.148 e. The first-order valence-electron chi connectivity index (χ1n) is 12.4. The molecule has 3 atom stereocenters. The number of nitrogens with one attached hydrogen (secondary N) is 1. The van der Waals surface area contributed by atoms with E-state index in [1.807, 2.05) is 43.5 Å². The van der Waals surface area contributed by atoms with Crippen LogP contribution in [-0.4, -0.2) is 53.7 Å². The second kappa shape index (κ2) is 8.28. The summed E-state index contributed by atoms with van der Waals surface area (Å²) in [4.78, 5) is 19.7. The normalized spacial score (nSPS) is 22.0. The maximum absolute atomic E-state index is 6.78. The summed E-state index contributed by atoms with van der Waals surface area (Å²) in [7, 11) is 2.26. The molecule has 2 aliphatic heterocycles. The lowest BCUT2D eigenvalue weighted by molar-refractivity contribution is 0.131. The molecular weight excluding hydrogens is 474 g/mol. The molecule has 0 amide bonds. The summed E-state index contributed by atoms with van der Waals surface area (Å²) in [6.45, 7) is 1.93. The van der Waals surface area contributed by atoms with E-state index in [0.717, 1.165) is 46.5 Å². The number of aromatic nitrogens is 6. The minimum absolute atomic E-state index is 0.431. The molecule has 2 unspecified atom stereocenters. The third-order valence-electron chi connectivity index (χ3n) is 7.76. The molecule has 2 fully saturated rings. The Morgan fingerprint density at radius 1 is 1.00 bits per heavy atom. The smallest absolute Gasteiger partial charge is 0.148 e. The minimum Gasteiger partial charge on any atom is -0.456 e. The van der Waals surface area contributed by atoms with Crippen molar-refractivity contribution in [2.75, 3.05) is 7.05 Å². The summed E-state index contributed by atoms with van der Waals surface area (Å²) in [5.41, 5.74) is 4.83. The predicted molar refractivity (Wildman–Crippen MR) is 140 cm³/mol. The summed E-state index contributed by atoms with van der Waals surface area (Å²) >= 11 is 6.78. The van der Waals surface area contributed by atoms with Gasteiger partial charge in [-0.05, 0) is 63.9 Å². The van der Waals surface area contributed by atoms with Gasteiger partial charge in [0.25, 0.3) is 0 Å². The van der Waals surface area contributed by atoms with Crippen LogP contribution in [0.2, 0.25) is 5.02 Å². The number of halogens is 1. The first-order chi connectivity index (χ1) is 17.5. The second-order valence-electron chi connectivity index (χ2n) is 9.99. The number of hydrogen-bond acceptors (Lipinski definition) is 6. The molecule has 0 spiro atoms. The Morgan fingerprint density at radius 3 is 2.64 bits per heavy atom. The van der Waals surface area contributed by atoms with Crippen molar-refractivity contribution in [3.05, 3.63) is 59.8 Å². The zero-order valence-corrected chi connectivity index (χ0v) is 20.9. The summed E-state index contributed by atoms with van der Waals surface area (Å²) < 4.78 is 8.25. The average Bonchev–Trinajstić information content (AvgIpc) is 3.55. The van der Waals surface area contributed by atoms with Crippen molar-refractivity contribution >= 4 is 33.7 Å². The Hall–Kier alpha value is -3.49. The average molecular weight is 500 g/mol. The van der Waals surface area contributed by atoms with Gasteiger partial charge in [-0.3, -0.25) is 9.67 Å². The monoisotopic (exact) mass is 499 g/mol. The molecule has 2 aromatic carbocycles. The number of aromatic amines is 1. The van der Waals surface area contributed by atoms with Gasteiger partial charge in [-0.2, -0.15) is 5.10 Å². The van der Waals surface area contributed by atoms with Gasteiger partial charge in [0, 0.05) is 29.9 Å². The Balaban J connectivity index is 1.18. The maximum atomic E-state index is 6.78. The van der Waals surface area contributed by atoms with Crippen LogP contribution in [0.3, 0.4) is 0 Å². The van der Waals surface area contributed by atoms with Gasteiger partial charge in [-0.15, -0.1) is 0 Å². The molecule has 0 radical (unpaired) electrons. The number of ether oxygens (including phenoxy) is 1. The molecule has 0 saturated carbocycles. The van der Waals surface area contributed by atoms with Crippen LogP contribution in [0, 0.1) is 6.92 Å². The zero-order chi connectivity index (χ0) is 24.4. The SMILES string of the molecule is Cc1nc2ccc(Oc3ccc4ncc(-c5cnn(C6CC7CC[C@H](C6)N7C)c5)nc4c3Cl)cc2[nH]1. The third-order valence-corrected chi connectivity index (χ3v) is 8.13. The molecule has 8 nitrogen and oxygen atoms in total. The largest absolute Gasteiger partial charge is 0.456 e. The summed E-state index contributed by atoms with van der Waals surface area (Å²) in [5, 5.41) is 5.14. The highest BCUT2D eigenvalue weighted by molar-refractivity contribution is 6.36. The number of imidazole rings is 1. The van der Waals surface area contributed by atoms with E-state index in [1.165, 1.54) is 12.8 Å². The van der Waals surface area contributed by atoms with Gasteiger partial charge < -0.3 is 14.6 Å². The molecule has 2 aliphatic rings. The number of rotatable bonds is 4. The van der Waals surface area contributed by atoms with Gasteiger partial charge >= 0.3 is 0 Å². The van der Waals surface area contributed by atoms with Crippen molar-refractivity contribution in [2.45, 2.75) is 50.7 Å². The quantitative estimate of drug-likeness (QED) is 0.330. The van der Waals surface area contributed by atoms with E-state index in [-0.39, 0.29) is 0 Å². The summed E-state index contributed by atoms with van der Waals surface area (Å²) in [6, 6.07) is 11.2. The van der Waals surface area contributed by atoms with E-state index < -0.39 is 0 Å². The Labute approximate surface area is 213 Å². The highest BCUT2D eigenvalue weighted by Crippen LogP contribution is 2.40. The molecule has 1 N–H and O–H groups in total. The third kappa shape index (κ3) is 3.63. The van der Waals surface area contributed by atoms with Crippen LogP contribution in [0.1, 0.15) is 37.5 Å². The zero-order valence-electron chi connectivity index (χ0n) is 20.1. The van der Waals surface area contributed by atoms with Crippen LogP contribution in [0.5, 0.6) is 11.5 Å². The number of benzene rings is 2. The van der Waals surface area contributed by atoms with E-state index in [9.17, 15) is 0 Å². The van der Waals surface area contributed by atoms with E-state index in [0.29, 0.717) is 40.2 Å². The van der Waals surface area contributed by atoms with Crippen LogP contribution < -0.4 is 4.74 Å². The fraction of sp³-hybridized carbons (Fsp3) is 0.333. The van der Waals surface area contributed by atoms with Crippen molar-refractivity contribution in [3.63, 3.8) is 0 Å². The molecule has 9 heteroatoms. The fourth-order valence-electron chi connectivity index (χ4n) is 5.82. The van der Waals surface area contributed by atoms with E-state index in [2.05, 4.69) is 37.8 Å². The molecule has 2 bridgehead atoms. The number of piperidine rings is 1. The predicted octanol–water partition coefficient (Wildman–Crippen LogP) is 5.92. The van der Waals surface area contributed by atoms with Crippen LogP contribution in [0.25, 0.3) is 33.3 Å². The Bertz CT molecular complexity index is 1590. The molecule has 0 aliphatic carbocycles. The lowest BCUT2D eigenvalue weighted by Gasteiger charge is -2.36. The van der Waals surface area contributed by atoms with Gasteiger partial charge in [-0.25, -0.2) is 9.97 Å². The fourth-order valence-corrected chi connectivity index (χ4v) is 6.06.